The highest BCUT2D eigenvalue weighted by atomic mass is 16.5. The highest BCUT2D eigenvalue weighted by Gasteiger charge is 2.23. The van der Waals surface area contributed by atoms with E-state index in [9.17, 15) is 0 Å². The minimum absolute atomic E-state index is 0.272. The molecule has 7 heteroatoms. The summed E-state index contributed by atoms with van der Waals surface area (Å²) in [5.74, 6) is 0.597. The predicted molar refractivity (Wildman–Crippen MR) is 65.5 cm³/mol. The molecule has 2 rings (SSSR count). The van der Waals surface area contributed by atoms with Crippen LogP contribution in [0.5, 0.6) is 0 Å². The van der Waals surface area contributed by atoms with Crippen molar-refractivity contribution in [3.05, 3.63) is 5.89 Å². The van der Waals surface area contributed by atoms with Crippen LogP contribution in [0, 0.1) is 0 Å². The van der Waals surface area contributed by atoms with Gasteiger partial charge in [0, 0.05) is 20.2 Å². The van der Waals surface area contributed by atoms with Crippen molar-refractivity contribution in [1.82, 2.24) is 15.5 Å². The largest absolute Gasteiger partial charge is 0.407 e. The van der Waals surface area contributed by atoms with Crippen molar-refractivity contribution < 1.29 is 13.9 Å². The Hall–Kier alpha value is -1.18. The number of ether oxygens (including phenoxy) is 2. The van der Waals surface area contributed by atoms with Crippen molar-refractivity contribution >= 4 is 6.01 Å². The second-order valence-corrected chi connectivity index (χ2v) is 4.27. The third-order valence-electron chi connectivity index (χ3n) is 2.83. The van der Waals surface area contributed by atoms with E-state index in [4.69, 9.17) is 13.9 Å². The van der Waals surface area contributed by atoms with E-state index < -0.39 is 0 Å². The van der Waals surface area contributed by atoms with Crippen molar-refractivity contribution in [1.29, 1.82) is 0 Å². The van der Waals surface area contributed by atoms with Crippen molar-refractivity contribution in [2.75, 3.05) is 44.9 Å². The lowest BCUT2D eigenvalue weighted by Gasteiger charge is -2.31. The topological polar surface area (TPSA) is 72.7 Å². The quantitative estimate of drug-likeness (QED) is 0.720. The van der Waals surface area contributed by atoms with Gasteiger partial charge in [0.2, 0.25) is 5.89 Å². The summed E-state index contributed by atoms with van der Waals surface area (Å²) in [5.41, 5.74) is 0. The summed E-state index contributed by atoms with van der Waals surface area (Å²) in [7, 11) is 1.67. The van der Waals surface area contributed by atoms with Gasteiger partial charge in [-0.15, -0.1) is 5.10 Å². The van der Waals surface area contributed by atoms with Crippen molar-refractivity contribution in [2.24, 2.45) is 0 Å². The molecule has 2 heterocycles. The van der Waals surface area contributed by atoms with E-state index in [1.165, 1.54) is 0 Å². The molecule has 0 saturated carbocycles. The highest BCUT2D eigenvalue weighted by Crippen LogP contribution is 2.17. The molecule has 18 heavy (non-hydrogen) atoms. The Bertz CT molecular complexity index is 358. The molecule has 1 aliphatic rings. The lowest BCUT2D eigenvalue weighted by molar-refractivity contribution is 0.0959. The molecule has 1 aromatic rings. The summed E-state index contributed by atoms with van der Waals surface area (Å²) in [6, 6.07) is 0.850. The van der Waals surface area contributed by atoms with Crippen LogP contribution in [0.4, 0.5) is 6.01 Å². The van der Waals surface area contributed by atoms with Crippen molar-refractivity contribution in [2.45, 2.75) is 19.5 Å². The number of rotatable bonds is 6. The van der Waals surface area contributed by atoms with Crippen LogP contribution in [0.25, 0.3) is 0 Å². The fourth-order valence-electron chi connectivity index (χ4n) is 1.81. The molecule has 7 nitrogen and oxygen atoms in total. The van der Waals surface area contributed by atoms with Gasteiger partial charge in [-0.2, -0.15) is 0 Å². The van der Waals surface area contributed by atoms with E-state index in [0.717, 1.165) is 13.1 Å². The molecule has 0 amide bonds. The third kappa shape index (κ3) is 3.41. The first-order chi connectivity index (χ1) is 8.81. The molecular formula is C11H20N4O3. The van der Waals surface area contributed by atoms with Crippen LogP contribution >= 0.6 is 0 Å². The summed E-state index contributed by atoms with van der Waals surface area (Å²) in [5, 5.41) is 11.3. The molecule has 1 atom stereocenters. The molecule has 1 unspecified atom stereocenters. The molecular weight excluding hydrogens is 236 g/mol. The standard InChI is InChI=1S/C11H20N4O3/c1-9-8-17-6-4-15(9)11-14-13-10(18-11)7-12-3-5-16-2/h9,12H,3-8H2,1-2H3. The molecule has 1 saturated heterocycles. The number of methoxy groups -OCH3 is 1. The third-order valence-corrected chi connectivity index (χ3v) is 2.83. The van der Waals surface area contributed by atoms with Gasteiger partial charge in [-0.1, -0.05) is 5.10 Å². The van der Waals surface area contributed by atoms with Crippen LogP contribution < -0.4 is 10.2 Å². The van der Waals surface area contributed by atoms with Gasteiger partial charge in [-0.25, -0.2) is 0 Å². The number of morpholine rings is 1. The number of nitrogens with zero attached hydrogens (tertiary/aromatic N) is 3. The van der Waals surface area contributed by atoms with Crippen LogP contribution in [0.15, 0.2) is 4.42 Å². The first-order valence-corrected chi connectivity index (χ1v) is 6.17. The Kier molecular flexibility index (Phi) is 4.91. The highest BCUT2D eigenvalue weighted by molar-refractivity contribution is 5.26. The Morgan fingerprint density at radius 2 is 2.39 bits per heavy atom. The normalized spacial score (nSPS) is 20.3. The first kappa shape index (κ1) is 13.3. The van der Waals surface area contributed by atoms with Crippen LogP contribution in [-0.4, -0.2) is 56.3 Å². The van der Waals surface area contributed by atoms with E-state index >= 15 is 0 Å². The van der Waals surface area contributed by atoms with Crippen molar-refractivity contribution in [3.63, 3.8) is 0 Å². The van der Waals surface area contributed by atoms with E-state index in [1.807, 2.05) is 0 Å². The first-order valence-electron chi connectivity index (χ1n) is 6.17. The zero-order valence-electron chi connectivity index (χ0n) is 10.9. The average molecular weight is 256 g/mol. The molecule has 0 radical (unpaired) electrons. The summed E-state index contributed by atoms with van der Waals surface area (Å²) >= 11 is 0. The molecule has 0 aliphatic carbocycles. The van der Waals surface area contributed by atoms with E-state index in [2.05, 4.69) is 27.3 Å². The van der Waals surface area contributed by atoms with Crippen LogP contribution in [0.2, 0.25) is 0 Å². The minimum Gasteiger partial charge on any atom is -0.407 e. The number of aromatic nitrogens is 2. The fraction of sp³-hybridized carbons (Fsp3) is 0.818. The van der Waals surface area contributed by atoms with Gasteiger partial charge in [0.15, 0.2) is 0 Å². The lowest BCUT2D eigenvalue weighted by Crippen LogP contribution is -2.43. The zero-order valence-corrected chi connectivity index (χ0v) is 10.9. The molecule has 1 aromatic heterocycles. The molecule has 0 bridgehead atoms. The molecule has 1 N–H and O–H groups in total. The summed E-state index contributed by atoms with van der Waals surface area (Å²) in [6.45, 7) is 6.27. The van der Waals surface area contributed by atoms with E-state index in [-0.39, 0.29) is 6.04 Å². The second kappa shape index (κ2) is 6.67. The van der Waals surface area contributed by atoms with E-state index in [1.54, 1.807) is 7.11 Å². The Labute approximate surface area is 106 Å². The Balaban J connectivity index is 1.85. The van der Waals surface area contributed by atoms with Crippen LogP contribution in [0.3, 0.4) is 0 Å². The monoisotopic (exact) mass is 256 g/mol. The maximum Gasteiger partial charge on any atom is 0.318 e. The number of nitrogens with one attached hydrogen (secondary N) is 1. The average Bonchev–Trinajstić information content (AvgIpc) is 2.84. The van der Waals surface area contributed by atoms with Gasteiger partial charge < -0.3 is 24.1 Å². The van der Waals surface area contributed by atoms with Gasteiger partial charge in [0.05, 0.1) is 32.4 Å². The number of anilines is 1. The fourth-order valence-corrected chi connectivity index (χ4v) is 1.81. The maximum absolute atomic E-state index is 5.62. The van der Waals surface area contributed by atoms with Gasteiger partial charge in [-0.05, 0) is 6.92 Å². The van der Waals surface area contributed by atoms with Gasteiger partial charge in [-0.3, -0.25) is 0 Å². The SMILES string of the molecule is COCCNCc1nnc(N2CCOCC2C)o1. The maximum atomic E-state index is 5.62. The van der Waals surface area contributed by atoms with Gasteiger partial charge >= 0.3 is 6.01 Å². The minimum atomic E-state index is 0.272. The Morgan fingerprint density at radius 3 is 3.17 bits per heavy atom. The summed E-state index contributed by atoms with van der Waals surface area (Å²) in [6.07, 6.45) is 0. The molecule has 0 aromatic carbocycles. The lowest BCUT2D eigenvalue weighted by atomic mass is 10.3. The van der Waals surface area contributed by atoms with Gasteiger partial charge in [0.25, 0.3) is 0 Å². The van der Waals surface area contributed by atoms with Crippen molar-refractivity contribution in [3.8, 4) is 0 Å². The summed E-state index contributed by atoms with van der Waals surface area (Å²) < 4.78 is 15.9. The van der Waals surface area contributed by atoms with Crippen LogP contribution in [-0.2, 0) is 16.0 Å². The molecule has 0 spiro atoms. The van der Waals surface area contributed by atoms with Gasteiger partial charge in [0.1, 0.15) is 0 Å². The zero-order chi connectivity index (χ0) is 12.8. The molecule has 1 aliphatic heterocycles. The molecule has 102 valence electrons. The van der Waals surface area contributed by atoms with E-state index in [0.29, 0.717) is 38.3 Å². The summed E-state index contributed by atoms with van der Waals surface area (Å²) in [4.78, 5) is 2.08. The van der Waals surface area contributed by atoms with Crippen LogP contribution in [0.1, 0.15) is 12.8 Å². The molecule has 1 fully saturated rings. The Morgan fingerprint density at radius 1 is 1.50 bits per heavy atom. The number of hydrogen-bond acceptors (Lipinski definition) is 7. The predicted octanol–water partition coefficient (Wildman–Crippen LogP) is 0.0307. The number of hydrogen-bond donors (Lipinski definition) is 1. The second-order valence-electron chi connectivity index (χ2n) is 4.27. The smallest absolute Gasteiger partial charge is 0.318 e.